The van der Waals surface area contributed by atoms with Crippen LogP contribution in [0.25, 0.3) is 0 Å². The molecule has 3 heteroatoms. The van der Waals surface area contributed by atoms with Crippen LogP contribution in [0.4, 0.5) is 0 Å². The van der Waals surface area contributed by atoms with Gasteiger partial charge in [0.05, 0.1) is 33.2 Å². The van der Waals surface area contributed by atoms with E-state index in [-0.39, 0.29) is 5.54 Å². The molecule has 0 aromatic rings. The Hall–Kier alpha value is -0.630. The molecule has 0 saturated carbocycles. The molecule has 0 amide bonds. The molecule has 0 aliphatic rings. The van der Waals surface area contributed by atoms with E-state index in [2.05, 4.69) is 40.3 Å². The fourth-order valence-electron chi connectivity index (χ4n) is 1.61. The lowest BCUT2D eigenvalue weighted by Crippen LogP contribution is -2.53. The quantitative estimate of drug-likeness (QED) is 0.498. The average molecular weight is 185 g/mol. The summed E-state index contributed by atoms with van der Waals surface area (Å²) >= 11 is 0. The van der Waals surface area contributed by atoms with Crippen LogP contribution >= 0.6 is 0 Å². The Kier molecular flexibility index (Phi) is 4.34. The van der Waals surface area contributed by atoms with Gasteiger partial charge in [-0.05, 0) is 13.8 Å². The number of nitrogens with one attached hydrogen (secondary N) is 1. The lowest BCUT2D eigenvalue weighted by molar-refractivity contribution is -0.874. The highest BCUT2D eigenvalue weighted by atomic mass is 16.1. The van der Waals surface area contributed by atoms with E-state index in [1.165, 1.54) is 6.08 Å². The lowest BCUT2D eigenvalue weighted by Gasteiger charge is -2.34. The van der Waals surface area contributed by atoms with Crippen molar-refractivity contribution in [1.29, 1.82) is 0 Å². The molecular formula is C10H21N2O+. The van der Waals surface area contributed by atoms with Gasteiger partial charge in [0, 0.05) is 12.6 Å². The van der Waals surface area contributed by atoms with Crippen LogP contribution in [0.3, 0.4) is 0 Å². The van der Waals surface area contributed by atoms with Gasteiger partial charge in [-0.2, -0.15) is 0 Å². The van der Waals surface area contributed by atoms with Crippen LogP contribution in [0, 0.1) is 0 Å². The molecule has 76 valence electrons. The van der Waals surface area contributed by atoms with Crippen LogP contribution in [0.5, 0.6) is 0 Å². The number of likely N-dealkylation sites (N-methyl/N-ethyl adjacent to an activating group) is 1. The summed E-state index contributed by atoms with van der Waals surface area (Å²) in [7, 11) is 6.46. The van der Waals surface area contributed by atoms with E-state index in [1.54, 1.807) is 5.94 Å². The molecule has 0 spiro atoms. The zero-order valence-corrected chi connectivity index (χ0v) is 9.35. The molecule has 0 aromatic heterocycles. The van der Waals surface area contributed by atoms with E-state index >= 15 is 0 Å². The number of carbonyl (C=O) groups excluding carboxylic acids is 1. The summed E-state index contributed by atoms with van der Waals surface area (Å²) in [5, 5.41) is 3.28. The first-order chi connectivity index (χ1) is 5.77. The van der Waals surface area contributed by atoms with Gasteiger partial charge in [-0.1, -0.05) is 0 Å². The van der Waals surface area contributed by atoms with Crippen LogP contribution in [-0.4, -0.2) is 50.2 Å². The Balaban J connectivity index is 4.00. The maximum absolute atomic E-state index is 9.95. The molecule has 0 aliphatic heterocycles. The first kappa shape index (κ1) is 12.4. The number of quaternary nitrogens is 1. The highest BCUT2D eigenvalue weighted by molar-refractivity contribution is 5.45. The summed E-state index contributed by atoms with van der Waals surface area (Å²) in [6.45, 7) is 5.88. The maximum Gasteiger partial charge on any atom is 0.121 e. The Morgan fingerprint density at radius 2 is 1.92 bits per heavy atom. The van der Waals surface area contributed by atoms with E-state index in [0.29, 0.717) is 6.54 Å². The summed E-state index contributed by atoms with van der Waals surface area (Å²) in [5.74, 6) is 1.76. The van der Waals surface area contributed by atoms with Crippen molar-refractivity contribution >= 4 is 5.94 Å². The monoisotopic (exact) mass is 185 g/mol. The number of rotatable bonds is 5. The average Bonchev–Trinajstić information content (AvgIpc) is 1.81. The Morgan fingerprint density at radius 1 is 1.38 bits per heavy atom. The predicted octanol–water partition coefficient (Wildman–Crippen LogP) is 0.449. The fourth-order valence-corrected chi connectivity index (χ4v) is 1.61. The number of hydrogen-bond donors (Lipinski definition) is 1. The van der Waals surface area contributed by atoms with E-state index in [1.807, 2.05) is 0 Å². The van der Waals surface area contributed by atoms with Crippen LogP contribution in [0.2, 0.25) is 0 Å². The van der Waals surface area contributed by atoms with Crippen LogP contribution in [-0.2, 0) is 4.79 Å². The molecule has 0 bridgehead atoms. The smallest absolute Gasteiger partial charge is 0.121 e. The first-order valence-electron chi connectivity index (χ1n) is 4.52. The standard InChI is InChI=1S/C10H21N2O/c1-10(2,9-12(3,4)5)11-7-6-8-13/h6,11H,7,9H2,1-5H3/q+1. The molecule has 1 N–H and O–H groups in total. The van der Waals surface area contributed by atoms with Crippen molar-refractivity contribution in [2.24, 2.45) is 0 Å². The molecule has 0 heterocycles. The van der Waals surface area contributed by atoms with Crippen molar-refractivity contribution in [3.8, 4) is 0 Å². The SMILES string of the molecule is CC(C)(C[N+](C)(C)C)NCC=C=O. The molecule has 0 aliphatic carbocycles. The van der Waals surface area contributed by atoms with Gasteiger partial charge in [-0.25, -0.2) is 4.79 Å². The molecule has 0 unspecified atom stereocenters. The summed E-state index contributed by atoms with van der Waals surface area (Å²) in [6.07, 6.45) is 1.47. The second-order valence-corrected chi connectivity index (χ2v) is 5.04. The second-order valence-electron chi connectivity index (χ2n) is 5.04. The van der Waals surface area contributed by atoms with Crippen LogP contribution < -0.4 is 5.32 Å². The first-order valence-corrected chi connectivity index (χ1v) is 4.52. The van der Waals surface area contributed by atoms with Crippen LogP contribution in [0.15, 0.2) is 6.08 Å². The van der Waals surface area contributed by atoms with E-state index in [0.717, 1.165) is 11.0 Å². The van der Waals surface area contributed by atoms with Crippen molar-refractivity contribution in [2.75, 3.05) is 34.2 Å². The van der Waals surface area contributed by atoms with Crippen molar-refractivity contribution in [2.45, 2.75) is 19.4 Å². The highest BCUT2D eigenvalue weighted by Crippen LogP contribution is 2.06. The highest BCUT2D eigenvalue weighted by Gasteiger charge is 2.24. The molecule has 0 radical (unpaired) electrons. The minimum absolute atomic E-state index is 0.0472. The van der Waals surface area contributed by atoms with Gasteiger partial charge >= 0.3 is 0 Å². The summed E-state index contributed by atoms with van der Waals surface area (Å²) in [6, 6.07) is 0. The van der Waals surface area contributed by atoms with Gasteiger partial charge in [0.2, 0.25) is 0 Å². The van der Waals surface area contributed by atoms with Crippen molar-refractivity contribution in [3.05, 3.63) is 6.08 Å². The number of hydrogen-bond acceptors (Lipinski definition) is 2. The fraction of sp³-hybridized carbons (Fsp3) is 0.800. The van der Waals surface area contributed by atoms with E-state index in [4.69, 9.17) is 0 Å². The van der Waals surface area contributed by atoms with E-state index < -0.39 is 0 Å². The molecule has 0 atom stereocenters. The topological polar surface area (TPSA) is 29.1 Å². The van der Waals surface area contributed by atoms with Gasteiger partial charge in [0.1, 0.15) is 5.94 Å². The Morgan fingerprint density at radius 3 is 2.31 bits per heavy atom. The minimum Gasteiger partial charge on any atom is -0.329 e. The zero-order chi connectivity index (χ0) is 10.5. The molecule has 0 aromatic carbocycles. The summed E-state index contributed by atoms with van der Waals surface area (Å²) in [5.41, 5.74) is 0.0472. The molecule has 0 saturated heterocycles. The second kappa shape index (κ2) is 4.56. The molecular weight excluding hydrogens is 164 g/mol. The van der Waals surface area contributed by atoms with Crippen LogP contribution in [0.1, 0.15) is 13.8 Å². The van der Waals surface area contributed by atoms with Crippen molar-refractivity contribution in [3.63, 3.8) is 0 Å². The maximum atomic E-state index is 9.95. The molecule has 13 heavy (non-hydrogen) atoms. The normalized spacial score (nSPS) is 12.4. The van der Waals surface area contributed by atoms with Crippen molar-refractivity contribution < 1.29 is 9.28 Å². The largest absolute Gasteiger partial charge is 0.329 e. The minimum atomic E-state index is 0.0472. The van der Waals surface area contributed by atoms with Gasteiger partial charge in [-0.15, -0.1) is 0 Å². The molecule has 3 nitrogen and oxygen atoms in total. The summed E-state index contributed by atoms with van der Waals surface area (Å²) < 4.78 is 0.908. The van der Waals surface area contributed by atoms with Gasteiger partial charge < -0.3 is 9.80 Å². The third-order valence-corrected chi connectivity index (χ3v) is 1.64. The van der Waals surface area contributed by atoms with Gasteiger partial charge in [0.25, 0.3) is 0 Å². The lowest BCUT2D eigenvalue weighted by atomic mass is 10.0. The summed E-state index contributed by atoms with van der Waals surface area (Å²) in [4.78, 5) is 9.95. The molecule has 0 fully saturated rings. The van der Waals surface area contributed by atoms with E-state index in [9.17, 15) is 4.79 Å². The number of nitrogens with zero attached hydrogens (tertiary/aromatic N) is 1. The Labute approximate surface area is 81.0 Å². The van der Waals surface area contributed by atoms with Gasteiger partial charge in [0.15, 0.2) is 0 Å². The van der Waals surface area contributed by atoms with Gasteiger partial charge in [-0.3, -0.25) is 0 Å². The third kappa shape index (κ3) is 7.72. The van der Waals surface area contributed by atoms with Crippen molar-refractivity contribution in [1.82, 2.24) is 5.32 Å². The predicted molar refractivity (Wildman–Crippen MR) is 55.2 cm³/mol. The Bertz CT molecular complexity index is 197. The third-order valence-electron chi connectivity index (χ3n) is 1.64. The zero-order valence-electron chi connectivity index (χ0n) is 9.35. The molecule has 0 rings (SSSR count).